The van der Waals surface area contributed by atoms with E-state index in [1.807, 2.05) is 30.3 Å². The zero-order valence-electron chi connectivity index (χ0n) is 17.0. The number of halogens is 3. The Kier molecular flexibility index (Phi) is 5.64. The highest BCUT2D eigenvalue weighted by molar-refractivity contribution is 7.90. The van der Waals surface area contributed by atoms with Gasteiger partial charge in [0.25, 0.3) is 0 Å². The molecule has 3 aromatic carbocycles. The van der Waals surface area contributed by atoms with Gasteiger partial charge in [-0.2, -0.15) is 13.2 Å². The van der Waals surface area contributed by atoms with Crippen molar-refractivity contribution in [3.8, 4) is 16.8 Å². The zero-order valence-corrected chi connectivity index (χ0v) is 17.9. The van der Waals surface area contributed by atoms with Crippen LogP contribution in [0, 0.1) is 0 Å². The van der Waals surface area contributed by atoms with Crippen LogP contribution < -0.4 is 0 Å². The van der Waals surface area contributed by atoms with Crippen molar-refractivity contribution in [1.29, 1.82) is 0 Å². The third-order valence-corrected chi connectivity index (χ3v) is 6.24. The summed E-state index contributed by atoms with van der Waals surface area (Å²) in [6, 6.07) is 19.5. The SMILES string of the molecule is CS(=O)(=O)c1cccc(-c2ccc(-n3ccnc3Cc3ccccc3C(F)(F)F)cc2)c1. The monoisotopic (exact) mass is 456 g/mol. The van der Waals surface area contributed by atoms with Crippen LogP contribution >= 0.6 is 0 Å². The molecule has 0 aliphatic heterocycles. The van der Waals surface area contributed by atoms with Gasteiger partial charge in [0.05, 0.1) is 10.5 Å². The standard InChI is InChI=1S/C24H19F3N2O2S/c1-32(30,31)21-7-4-6-18(15-21)17-9-11-20(12-10-17)29-14-13-28-23(29)16-19-5-2-3-8-22(19)24(25,26)27/h2-15H,16H2,1H3. The van der Waals surface area contributed by atoms with Crippen molar-refractivity contribution in [2.45, 2.75) is 17.5 Å². The zero-order chi connectivity index (χ0) is 22.9. The molecule has 0 amide bonds. The Morgan fingerprint density at radius 2 is 1.62 bits per heavy atom. The van der Waals surface area contributed by atoms with Crippen molar-refractivity contribution in [3.05, 3.63) is 102 Å². The number of alkyl halides is 3. The van der Waals surface area contributed by atoms with Crippen molar-refractivity contribution in [2.24, 2.45) is 0 Å². The summed E-state index contributed by atoms with van der Waals surface area (Å²) in [5, 5.41) is 0. The van der Waals surface area contributed by atoms with Crippen molar-refractivity contribution < 1.29 is 21.6 Å². The minimum Gasteiger partial charge on any atom is -0.303 e. The van der Waals surface area contributed by atoms with Gasteiger partial charge in [-0.05, 0) is 47.0 Å². The van der Waals surface area contributed by atoms with Crippen molar-refractivity contribution in [3.63, 3.8) is 0 Å². The summed E-state index contributed by atoms with van der Waals surface area (Å²) in [7, 11) is -3.32. The van der Waals surface area contributed by atoms with Gasteiger partial charge in [-0.15, -0.1) is 0 Å². The molecule has 0 spiro atoms. The Morgan fingerprint density at radius 3 is 2.31 bits per heavy atom. The van der Waals surface area contributed by atoms with E-state index in [-0.39, 0.29) is 16.9 Å². The van der Waals surface area contributed by atoms with Crippen LogP contribution in [0.1, 0.15) is 17.0 Å². The third kappa shape index (κ3) is 4.60. The Bertz CT molecular complexity index is 1360. The van der Waals surface area contributed by atoms with Gasteiger partial charge in [0, 0.05) is 30.8 Å². The molecule has 0 radical (unpaired) electrons. The van der Waals surface area contributed by atoms with Crippen molar-refractivity contribution in [1.82, 2.24) is 9.55 Å². The molecule has 4 aromatic rings. The van der Waals surface area contributed by atoms with Gasteiger partial charge >= 0.3 is 6.18 Å². The van der Waals surface area contributed by atoms with Gasteiger partial charge < -0.3 is 4.57 Å². The van der Waals surface area contributed by atoms with Crippen molar-refractivity contribution in [2.75, 3.05) is 6.26 Å². The normalized spacial score (nSPS) is 12.1. The molecule has 0 unspecified atom stereocenters. The van der Waals surface area contributed by atoms with Crippen molar-refractivity contribution >= 4 is 9.84 Å². The number of hydrogen-bond acceptors (Lipinski definition) is 3. The average molecular weight is 456 g/mol. The van der Waals surface area contributed by atoms with E-state index in [0.29, 0.717) is 5.82 Å². The number of imidazole rings is 1. The molecule has 32 heavy (non-hydrogen) atoms. The Hall–Kier alpha value is -3.39. The molecular weight excluding hydrogens is 437 g/mol. The van der Waals surface area contributed by atoms with Gasteiger partial charge in [-0.1, -0.05) is 42.5 Å². The number of sulfone groups is 1. The summed E-state index contributed by atoms with van der Waals surface area (Å²) in [4.78, 5) is 4.49. The lowest BCUT2D eigenvalue weighted by Gasteiger charge is -2.14. The van der Waals surface area contributed by atoms with Gasteiger partial charge in [-0.3, -0.25) is 0 Å². The quantitative estimate of drug-likeness (QED) is 0.396. The molecule has 0 saturated heterocycles. The second-order valence-corrected chi connectivity index (χ2v) is 9.41. The predicted octanol–water partition coefficient (Wildman–Crippen LogP) is 5.55. The summed E-state index contributed by atoms with van der Waals surface area (Å²) >= 11 is 0. The van der Waals surface area contributed by atoms with E-state index >= 15 is 0 Å². The van der Waals surface area contributed by atoms with Crippen LogP contribution in [0.3, 0.4) is 0 Å². The van der Waals surface area contributed by atoms with Crippen LogP contribution in [0.15, 0.2) is 90.1 Å². The van der Waals surface area contributed by atoms with Gasteiger partial charge in [-0.25, -0.2) is 13.4 Å². The van der Waals surface area contributed by atoms with E-state index in [1.165, 1.54) is 12.1 Å². The highest BCUT2D eigenvalue weighted by atomic mass is 32.2. The summed E-state index contributed by atoms with van der Waals surface area (Å²) in [5.41, 5.74) is 1.80. The fourth-order valence-corrected chi connectivity index (χ4v) is 4.21. The molecule has 0 saturated carbocycles. The Morgan fingerprint density at radius 1 is 0.906 bits per heavy atom. The molecule has 1 aromatic heterocycles. The van der Waals surface area contributed by atoms with Gasteiger partial charge in [0.15, 0.2) is 9.84 Å². The van der Waals surface area contributed by atoms with Crippen LogP contribution in [0.25, 0.3) is 16.8 Å². The average Bonchev–Trinajstić information content (AvgIpc) is 3.21. The molecule has 0 N–H and O–H groups in total. The maximum absolute atomic E-state index is 13.3. The number of nitrogens with zero attached hydrogens (tertiary/aromatic N) is 2. The van der Waals surface area contributed by atoms with E-state index in [4.69, 9.17) is 0 Å². The predicted molar refractivity (Wildman–Crippen MR) is 116 cm³/mol. The van der Waals surface area contributed by atoms with E-state index in [1.54, 1.807) is 41.2 Å². The molecule has 4 nitrogen and oxygen atoms in total. The first-order valence-corrected chi connectivity index (χ1v) is 11.6. The highest BCUT2D eigenvalue weighted by Crippen LogP contribution is 2.33. The van der Waals surface area contributed by atoms with Crippen LogP contribution in [0.4, 0.5) is 13.2 Å². The second kappa shape index (κ2) is 8.27. The number of hydrogen-bond donors (Lipinski definition) is 0. The minimum atomic E-state index is -4.43. The topological polar surface area (TPSA) is 52.0 Å². The first kappa shape index (κ1) is 21.8. The van der Waals surface area contributed by atoms with E-state index < -0.39 is 21.6 Å². The first-order valence-electron chi connectivity index (χ1n) is 9.71. The van der Waals surface area contributed by atoms with E-state index in [9.17, 15) is 21.6 Å². The largest absolute Gasteiger partial charge is 0.416 e. The maximum atomic E-state index is 13.3. The molecule has 0 fully saturated rings. The fraction of sp³-hybridized carbons (Fsp3) is 0.125. The molecule has 4 rings (SSSR count). The Balaban J connectivity index is 1.64. The maximum Gasteiger partial charge on any atom is 0.416 e. The molecular formula is C24H19F3N2O2S. The molecule has 0 bridgehead atoms. The summed E-state index contributed by atoms with van der Waals surface area (Å²) < 4.78 is 65.4. The first-order chi connectivity index (χ1) is 15.1. The lowest BCUT2D eigenvalue weighted by Crippen LogP contribution is -2.11. The van der Waals surface area contributed by atoms with Crippen LogP contribution in [0.2, 0.25) is 0 Å². The summed E-state index contributed by atoms with van der Waals surface area (Å²) in [6.45, 7) is 0. The fourth-order valence-electron chi connectivity index (χ4n) is 3.54. The second-order valence-electron chi connectivity index (χ2n) is 7.39. The molecule has 1 heterocycles. The van der Waals surface area contributed by atoms with Crippen LogP contribution in [0.5, 0.6) is 0 Å². The number of benzene rings is 3. The van der Waals surface area contributed by atoms with Gasteiger partial charge in [0.1, 0.15) is 5.82 Å². The Labute approximate surface area is 183 Å². The lowest BCUT2D eigenvalue weighted by molar-refractivity contribution is -0.138. The molecule has 0 aliphatic rings. The van der Waals surface area contributed by atoms with Crippen LogP contribution in [-0.4, -0.2) is 24.2 Å². The highest BCUT2D eigenvalue weighted by Gasteiger charge is 2.33. The van der Waals surface area contributed by atoms with E-state index in [2.05, 4.69) is 4.98 Å². The molecule has 164 valence electrons. The van der Waals surface area contributed by atoms with Crippen LogP contribution in [-0.2, 0) is 22.4 Å². The lowest BCUT2D eigenvalue weighted by atomic mass is 10.0. The smallest absolute Gasteiger partial charge is 0.303 e. The molecule has 0 atom stereocenters. The van der Waals surface area contributed by atoms with E-state index in [0.717, 1.165) is 29.1 Å². The summed E-state index contributed by atoms with van der Waals surface area (Å²) in [6.07, 6.45) is 0.00355. The number of rotatable bonds is 5. The van der Waals surface area contributed by atoms with Gasteiger partial charge in [0.2, 0.25) is 0 Å². The summed E-state index contributed by atoms with van der Waals surface area (Å²) in [5.74, 6) is 0.480. The third-order valence-electron chi connectivity index (χ3n) is 5.13. The molecule has 0 aliphatic carbocycles. The number of aromatic nitrogens is 2. The minimum absolute atomic E-state index is 0.0286. The molecule has 8 heteroatoms.